The molecule has 4 nitrogen and oxygen atoms in total. The Morgan fingerprint density at radius 2 is 1.59 bits per heavy atom. The van der Waals surface area contributed by atoms with E-state index in [1.54, 1.807) is 16.8 Å². The summed E-state index contributed by atoms with van der Waals surface area (Å²) in [6, 6.07) is 11.3. The third-order valence-corrected chi connectivity index (χ3v) is 19.3. The number of rotatable bonds is 8. The molecule has 0 saturated carbocycles. The molecule has 1 saturated heterocycles. The SMILES string of the molecule is IN1C(C2=CC(C3C=CC=C(C4=CC=C(N5c6ccccc6C6CC(C7C=C8C9CCC=CC9N(C9=CC=CCC9)C8CC7)C=CC65)CC4)C3)=CCC2)NC(C2=CCCC=C2)=CC1C1C=CC=CC1. The molecule has 3 aliphatic heterocycles. The Labute approximate surface area is 426 Å². The molecule has 11 unspecified atom stereocenters. The van der Waals surface area contributed by atoms with Gasteiger partial charge in [-0.2, -0.15) is 0 Å². The molecule has 1 N–H and O–H groups in total. The van der Waals surface area contributed by atoms with Gasteiger partial charge in [0.05, 0.1) is 18.1 Å². The molecule has 3 heterocycles. The molecule has 9 aliphatic carbocycles. The van der Waals surface area contributed by atoms with Crippen LogP contribution >= 0.6 is 22.9 Å². The summed E-state index contributed by atoms with van der Waals surface area (Å²) in [4.78, 5) is 5.61. The van der Waals surface area contributed by atoms with Crippen molar-refractivity contribution >= 4 is 28.6 Å². The van der Waals surface area contributed by atoms with E-state index in [-0.39, 0.29) is 6.17 Å². The normalized spacial score (nSPS) is 35.6. The van der Waals surface area contributed by atoms with Crippen molar-refractivity contribution in [3.63, 3.8) is 0 Å². The Balaban J connectivity index is 0.710. The largest absolute Gasteiger partial charge is 0.365 e. The van der Waals surface area contributed by atoms with E-state index in [0.29, 0.717) is 59.7 Å². The molecule has 69 heavy (non-hydrogen) atoms. The second kappa shape index (κ2) is 19.1. The maximum absolute atomic E-state index is 4.05. The summed E-state index contributed by atoms with van der Waals surface area (Å²) < 4.78 is 2.58. The molecule has 12 aliphatic rings. The van der Waals surface area contributed by atoms with Crippen molar-refractivity contribution in [3.05, 3.63) is 220 Å². The minimum absolute atomic E-state index is 0.169. The van der Waals surface area contributed by atoms with Crippen LogP contribution in [0.3, 0.4) is 0 Å². The lowest BCUT2D eigenvalue weighted by Gasteiger charge is -2.43. The van der Waals surface area contributed by atoms with E-state index in [2.05, 4.69) is 205 Å². The van der Waals surface area contributed by atoms with Crippen LogP contribution in [0.1, 0.15) is 108 Å². The number of nitrogens with zero attached hydrogens (tertiary/aromatic N) is 3. The number of hydrogen-bond acceptors (Lipinski definition) is 4. The molecular formula is C64H69IN4. The van der Waals surface area contributed by atoms with Gasteiger partial charge in [0.25, 0.3) is 0 Å². The monoisotopic (exact) mass is 1020 g/mol. The summed E-state index contributed by atoms with van der Waals surface area (Å²) in [5.41, 5.74) is 16.5. The van der Waals surface area contributed by atoms with E-state index in [0.717, 1.165) is 51.4 Å². The smallest absolute Gasteiger partial charge is 0.111 e. The van der Waals surface area contributed by atoms with Gasteiger partial charge >= 0.3 is 0 Å². The second-order valence-electron chi connectivity index (χ2n) is 21.9. The number of benzene rings is 1. The van der Waals surface area contributed by atoms with Gasteiger partial charge in [-0.15, -0.1) is 0 Å². The highest BCUT2D eigenvalue weighted by molar-refractivity contribution is 14.1. The van der Waals surface area contributed by atoms with E-state index in [4.69, 9.17) is 0 Å². The van der Waals surface area contributed by atoms with Crippen LogP contribution in [0.5, 0.6) is 0 Å². The fraction of sp³-hybridized carbons (Fsp3) is 0.406. The number of halogens is 1. The fourth-order valence-corrected chi connectivity index (χ4v) is 15.8. The first kappa shape index (κ1) is 44.1. The van der Waals surface area contributed by atoms with Crippen LogP contribution in [0, 0.1) is 29.6 Å². The second-order valence-corrected chi connectivity index (χ2v) is 23.0. The maximum Gasteiger partial charge on any atom is 0.111 e. The van der Waals surface area contributed by atoms with Gasteiger partial charge in [-0.1, -0.05) is 140 Å². The molecule has 5 heteroatoms. The lowest BCUT2D eigenvalue weighted by molar-refractivity contribution is 0.232. The summed E-state index contributed by atoms with van der Waals surface area (Å²) in [5.74, 6) is 3.34. The van der Waals surface area contributed by atoms with Crippen molar-refractivity contribution in [2.24, 2.45) is 29.6 Å². The summed E-state index contributed by atoms with van der Waals surface area (Å²) in [5, 5.41) is 4.05. The summed E-state index contributed by atoms with van der Waals surface area (Å²) in [6.07, 6.45) is 74.1. The topological polar surface area (TPSA) is 21.8 Å². The Bertz CT molecular complexity index is 2750. The van der Waals surface area contributed by atoms with Crippen molar-refractivity contribution in [1.29, 1.82) is 0 Å². The van der Waals surface area contributed by atoms with E-state index < -0.39 is 0 Å². The number of allylic oxidation sites excluding steroid dienone is 24. The maximum atomic E-state index is 4.05. The van der Waals surface area contributed by atoms with Crippen LogP contribution in [0.2, 0.25) is 0 Å². The number of fused-ring (bicyclic) bond motifs is 6. The molecule has 11 atom stereocenters. The molecule has 0 amide bonds. The molecule has 0 spiro atoms. The highest BCUT2D eigenvalue weighted by Gasteiger charge is 2.49. The Morgan fingerprint density at radius 3 is 2.46 bits per heavy atom. The van der Waals surface area contributed by atoms with Crippen molar-refractivity contribution in [3.8, 4) is 0 Å². The third-order valence-electron chi connectivity index (χ3n) is 18.1. The van der Waals surface area contributed by atoms with Crippen LogP contribution in [0.25, 0.3) is 0 Å². The zero-order valence-corrected chi connectivity index (χ0v) is 42.4. The summed E-state index contributed by atoms with van der Waals surface area (Å²) in [7, 11) is 0. The minimum atomic E-state index is 0.169. The zero-order chi connectivity index (χ0) is 45.8. The Kier molecular flexibility index (Phi) is 12.2. The predicted molar refractivity (Wildman–Crippen MR) is 295 cm³/mol. The van der Waals surface area contributed by atoms with E-state index in [9.17, 15) is 0 Å². The lowest BCUT2D eigenvalue weighted by Crippen LogP contribution is -2.52. The van der Waals surface area contributed by atoms with Gasteiger partial charge in [0, 0.05) is 75.4 Å². The molecule has 0 radical (unpaired) electrons. The molecular weight excluding hydrogens is 952 g/mol. The molecule has 13 rings (SSSR count). The summed E-state index contributed by atoms with van der Waals surface area (Å²) in [6.45, 7) is 0. The molecule has 1 aromatic carbocycles. The number of likely N-dealkylation sites (tertiary alicyclic amines) is 1. The molecule has 0 bridgehead atoms. The first-order valence-corrected chi connectivity index (χ1v) is 28.0. The first-order chi connectivity index (χ1) is 34.1. The molecule has 352 valence electrons. The number of nitrogens with one attached hydrogen (secondary N) is 1. The minimum Gasteiger partial charge on any atom is -0.365 e. The van der Waals surface area contributed by atoms with Crippen molar-refractivity contribution in [2.45, 2.75) is 133 Å². The van der Waals surface area contributed by atoms with E-state index in [1.165, 1.54) is 89.9 Å². The van der Waals surface area contributed by atoms with Gasteiger partial charge in [0.1, 0.15) is 6.17 Å². The lowest BCUT2D eigenvalue weighted by atomic mass is 9.70. The summed E-state index contributed by atoms with van der Waals surface area (Å²) >= 11 is 2.63. The van der Waals surface area contributed by atoms with Crippen LogP contribution in [0.15, 0.2) is 215 Å². The predicted octanol–water partition coefficient (Wildman–Crippen LogP) is 15.1. The average molecular weight is 1020 g/mol. The van der Waals surface area contributed by atoms with Crippen molar-refractivity contribution in [1.82, 2.24) is 13.3 Å². The quantitative estimate of drug-likeness (QED) is 0.159. The highest BCUT2D eigenvalue weighted by Crippen LogP contribution is 2.54. The average Bonchev–Trinajstić information content (AvgIpc) is 3.94. The van der Waals surface area contributed by atoms with Crippen LogP contribution in [0.4, 0.5) is 5.69 Å². The van der Waals surface area contributed by atoms with Crippen molar-refractivity contribution < 1.29 is 0 Å². The van der Waals surface area contributed by atoms with Crippen LogP contribution < -0.4 is 10.2 Å². The molecule has 0 aromatic heterocycles. The van der Waals surface area contributed by atoms with Gasteiger partial charge < -0.3 is 15.1 Å². The van der Waals surface area contributed by atoms with Gasteiger partial charge in [0.15, 0.2) is 0 Å². The van der Waals surface area contributed by atoms with E-state index in [1.807, 2.05) is 0 Å². The van der Waals surface area contributed by atoms with Gasteiger partial charge in [-0.05, 0) is 171 Å². The van der Waals surface area contributed by atoms with Gasteiger partial charge in [0.2, 0.25) is 0 Å². The molecule has 1 fully saturated rings. The third kappa shape index (κ3) is 8.25. The Hall–Kier alpha value is -4.85. The molecule has 1 aromatic rings. The van der Waals surface area contributed by atoms with Crippen LogP contribution in [-0.4, -0.2) is 38.3 Å². The van der Waals surface area contributed by atoms with Gasteiger partial charge in [-0.3, -0.25) is 0 Å². The number of para-hydroxylation sites is 1. The number of anilines is 1. The highest BCUT2D eigenvalue weighted by atomic mass is 127. The van der Waals surface area contributed by atoms with E-state index >= 15 is 0 Å². The number of hydrogen-bond donors (Lipinski definition) is 1. The fourth-order valence-electron chi connectivity index (χ4n) is 14.7. The standard InChI is InChI=1S/C64H69IN4/c65-69-63(45-18-6-2-7-19-45)42-58(44-16-4-1-5-17-44)66-64(69)51-23-15-22-48(39-51)47-21-14-20-46(38-47)43-30-34-53(35-31-43)68-60-29-13-11-27-55(60)57-41-50(33-37-62(57)68)49-32-36-61-56(40-49)54-26-10-12-28-59(54)67(61)52-24-8-3-9-25-52/h2-4,6-8,11-14,16-18,20-22,24,27-30,33-34,37,39-40,42,45,47,49-50,54,57,59,61-64,66H,1,5,9-10,15,19,23,25-26,31-32,35-36,38,41H2. The zero-order valence-electron chi connectivity index (χ0n) is 40.3. The Morgan fingerprint density at radius 1 is 0.623 bits per heavy atom. The van der Waals surface area contributed by atoms with Crippen LogP contribution in [-0.2, 0) is 0 Å². The van der Waals surface area contributed by atoms with Crippen molar-refractivity contribution in [2.75, 3.05) is 4.90 Å². The van der Waals surface area contributed by atoms with Gasteiger partial charge in [-0.25, -0.2) is 3.11 Å². The first-order valence-electron chi connectivity index (χ1n) is 27.0.